The molecule has 4 rings (SSSR count). The second-order valence-corrected chi connectivity index (χ2v) is 4.98. The van der Waals surface area contributed by atoms with E-state index in [-0.39, 0.29) is 5.82 Å². The summed E-state index contributed by atoms with van der Waals surface area (Å²) in [7, 11) is 0. The molecule has 0 amide bonds. The number of hydrogen-bond donors (Lipinski definition) is 1. The molecule has 5 nitrogen and oxygen atoms in total. The molecule has 0 radical (unpaired) electrons. The Balaban J connectivity index is 1.89. The summed E-state index contributed by atoms with van der Waals surface area (Å²) in [5, 5.41) is 3.25. The van der Waals surface area contributed by atoms with Crippen molar-refractivity contribution >= 4 is 17.2 Å². The van der Waals surface area contributed by atoms with Crippen LogP contribution in [0, 0.1) is 5.82 Å². The quantitative estimate of drug-likeness (QED) is 0.627. The van der Waals surface area contributed by atoms with Gasteiger partial charge in [-0.3, -0.25) is 14.4 Å². The molecule has 4 aromatic rings. The van der Waals surface area contributed by atoms with Crippen LogP contribution in [0.1, 0.15) is 0 Å². The highest BCUT2D eigenvalue weighted by Gasteiger charge is 2.14. The molecule has 1 N–H and O–H groups in total. The molecule has 0 aliphatic carbocycles. The molecular weight excluding hydrogens is 293 g/mol. The Morgan fingerprint density at radius 1 is 1.00 bits per heavy atom. The van der Waals surface area contributed by atoms with Crippen LogP contribution in [-0.4, -0.2) is 19.4 Å². The van der Waals surface area contributed by atoms with E-state index < -0.39 is 0 Å². The molecule has 23 heavy (non-hydrogen) atoms. The second-order valence-electron chi connectivity index (χ2n) is 4.98. The highest BCUT2D eigenvalue weighted by atomic mass is 19.1. The molecule has 6 heteroatoms. The molecule has 0 fully saturated rings. The summed E-state index contributed by atoms with van der Waals surface area (Å²) in [5.74, 6) is 0.454. The summed E-state index contributed by atoms with van der Waals surface area (Å²) in [5.41, 5.74) is 3.03. The Hall–Kier alpha value is -3.28. The molecule has 0 atom stereocenters. The van der Waals surface area contributed by atoms with Gasteiger partial charge in [-0.25, -0.2) is 9.37 Å². The van der Waals surface area contributed by atoms with Crippen molar-refractivity contribution in [2.24, 2.45) is 0 Å². The third-order valence-electron chi connectivity index (χ3n) is 3.47. The highest BCUT2D eigenvalue weighted by Crippen LogP contribution is 2.30. The van der Waals surface area contributed by atoms with E-state index in [1.54, 1.807) is 36.9 Å². The fourth-order valence-electron chi connectivity index (χ4n) is 2.44. The van der Waals surface area contributed by atoms with Crippen LogP contribution >= 0.6 is 0 Å². The monoisotopic (exact) mass is 305 g/mol. The SMILES string of the molecule is Fc1cccc(Nc2c(-c3ccncc3)nc3cnccn23)c1. The minimum atomic E-state index is -0.295. The molecule has 0 spiro atoms. The lowest BCUT2D eigenvalue weighted by Gasteiger charge is -2.08. The van der Waals surface area contributed by atoms with Gasteiger partial charge in [-0.15, -0.1) is 0 Å². The van der Waals surface area contributed by atoms with Gasteiger partial charge in [0.25, 0.3) is 0 Å². The van der Waals surface area contributed by atoms with Crippen molar-refractivity contribution < 1.29 is 4.39 Å². The Labute approximate surface area is 131 Å². The van der Waals surface area contributed by atoms with Gasteiger partial charge in [-0.1, -0.05) is 6.07 Å². The van der Waals surface area contributed by atoms with Gasteiger partial charge in [0, 0.05) is 36.0 Å². The Morgan fingerprint density at radius 2 is 1.87 bits per heavy atom. The van der Waals surface area contributed by atoms with E-state index >= 15 is 0 Å². The lowest BCUT2D eigenvalue weighted by atomic mass is 10.2. The lowest BCUT2D eigenvalue weighted by molar-refractivity contribution is 0.628. The van der Waals surface area contributed by atoms with E-state index in [0.717, 1.165) is 17.1 Å². The average molecular weight is 305 g/mol. The number of benzene rings is 1. The fraction of sp³-hybridized carbons (Fsp3) is 0. The van der Waals surface area contributed by atoms with Crippen LogP contribution in [0.4, 0.5) is 15.9 Å². The number of anilines is 2. The van der Waals surface area contributed by atoms with Crippen LogP contribution in [-0.2, 0) is 0 Å². The first-order chi connectivity index (χ1) is 11.3. The first kappa shape index (κ1) is 13.4. The van der Waals surface area contributed by atoms with Crippen molar-refractivity contribution in [1.29, 1.82) is 0 Å². The first-order valence-electron chi connectivity index (χ1n) is 7.06. The zero-order valence-corrected chi connectivity index (χ0v) is 12.0. The Morgan fingerprint density at radius 3 is 2.70 bits per heavy atom. The predicted molar refractivity (Wildman–Crippen MR) is 85.9 cm³/mol. The fourth-order valence-corrected chi connectivity index (χ4v) is 2.44. The van der Waals surface area contributed by atoms with E-state index in [9.17, 15) is 4.39 Å². The van der Waals surface area contributed by atoms with E-state index in [1.807, 2.05) is 22.7 Å². The maximum Gasteiger partial charge on any atom is 0.157 e. The molecule has 0 unspecified atom stereocenters. The number of nitrogens with one attached hydrogen (secondary N) is 1. The smallest absolute Gasteiger partial charge is 0.157 e. The van der Waals surface area contributed by atoms with Gasteiger partial charge in [0.05, 0.1) is 6.20 Å². The molecule has 0 bridgehead atoms. The van der Waals surface area contributed by atoms with Crippen molar-refractivity contribution in [1.82, 2.24) is 19.4 Å². The standard InChI is InChI=1S/C17H12FN5/c18-13-2-1-3-14(10-13)21-17-16(12-4-6-19-7-5-12)22-15-11-20-8-9-23(15)17/h1-11,21H. The second kappa shape index (κ2) is 5.49. The number of rotatable bonds is 3. The van der Waals surface area contributed by atoms with E-state index in [2.05, 4.69) is 20.3 Å². The van der Waals surface area contributed by atoms with Crippen LogP contribution in [0.3, 0.4) is 0 Å². The topological polar surface area (TPSA) is 55.1 Å². The summed E-state index contributed by atoms with van der Waals surface area (Å²) in [4.78, 5) is 12.7. The van der Waals surface area contributed by atoms with Crippen molar-refractivity contribution in [3.05, 3.63) is 73.2 Å². The van der Waals surface area contributed by atoms with Gasteiger partial charge in [-0.05, 0) is 30.3 Å². The molecule has 3 aromatic heterocycles. The maximum absolute atomic E-state index is 13.5. The third kappa shape index (κ3) is 2.50. The summed E-state index contributed by atoms with van der Waals surface area (Å²) < 4.78 is 15.3. The number of hydrogen-bond acceptors (Lipinski definition) is 4. The summed E-state index contributed by atoms with van der Waals surface area (Å²) >= 11 is 0. The third-order valence-corrected chi connectivity index (χ3v) is 3.47. The zero-order valence-electron chi connectivity index (χ0n) is 12.0. The van der Waals surface area contributed by atoms with E-state index in [0.29, 0.717) is 11.3 Å². The van der Waals surface area contributed by atoms with Gasteiger partial charge in [0.2, 0.25) is 0 Å². The van der Waals surface area contributed by atoms with Crippen molar-refractivity contribution in [3.8, 4) is 11.3 Å². The molecule has 0 aliphatic heterocycles. The lowest BCUT2D eigenvalue weighted by Crippen LogP contribution is -1.97. The number of aromatic nitrogens is 4. The Bertz CT molecular complexity index is 965. The van der Waals surface area contributed by atoms with Crippen LogP contribution in [0.15, 0.2) is 67.4 Å². The number of pyridine rings is 1. The first-order valence-corrected chi connectivity index (χ1v) is 7.06. The van der Waals surface area contributed by atoms with Crippen molar-refractivity contribution in [2.45, 2.75) is 0 Å². The predicted octanol–water partition coefficient (Wildman–Crippen LogP) is 3.67. The minimum absolute atomic E-state index is 0.295. The highest BCUT2D eigenvalue weighted by molar-refractivity contribution is 5.79. The van der Waals surface area contributed by atoms with E-state index in [4.69, 9.17) is 0 Å². The van der Waals surface area contributed by atoms with Crippen LogP contribution < -0.4 is 5.32 Å². The van der Waals surface area contributed by atoms with Gasteiger partial charge in [0.15, 0.2) is 5.65 Å². The summed E-state index contributed by atoms with van der Waals surface area (Å²) in [6, 6.07) is 10.1. The number of halogens is 1. The largest absolute Gasteiger partial charge is 0.339 e. The van der Waals surface area contributed by atoms with Gasteiger partial charge >= 0.3 is 0 Å². The van der Waals surface area contributed by atoms with Gasteiger partial charge < -0.3 is 5.32 Å². The average Bonchev–Trinajstić information content (AvgIpc) is 2.95. The zero-order chi connectivity index (χ0) is 15.6. The number of imidazole rings is 1. The Kier molecular flexibility index (Phi) is 3.20. The summed E-state index contributed by atoms with van der Waals surface area (Å²) in [6.45, 7) is 0. The van der Waals surface area contributed by atoms with Crippen molar-refractivity contribution in [2.75, 3.05) is 5.32 Å². The van der Waals surface area contributed by atoms with Crippen LogP contribution in [0.2, 0.25) is 0 Å². The molecule has 0 saturated heterocycles. The normalized spacial score (nSPS) is 10.8. The number of nitrogens with zero attached hydrogens (tertiary/aromatic N) is 4. The molecule has 1 aromatic carbocycles. The molecule has 0 aliphatic rings. The van der Waals surface area contributed by atoms with Gasteiger partial charge in [0.1, 0.15) is 17.3 Å². The van der Waals surface area contributed by atoms with Crippen LogP contribution in [0.25, 0.3) is 16.9 Å². The number of fused-ring (bicyclic) bond motifs is 1. The minimum Gasteiger partial charge on any atom is -0.339 e. The molecule has 3 heterocycles. The van der Waals surface area contributed by atoms with Crippen molar-refractivity contribution in [3.63, 3.8) is 0 Å². The molecule has 0 saturated carbocycles. The van der Waals surface area contributed by atoms with E-state index in [1.165, 1.54) is 12.1 Å². The van der Waals surface area contributed by atoms with Crippen LogP contribution in [0.5, 0.6) is 0 Å². The summed E-state index contributed by atoms with van der Waals surface area (Å²) in [6.07, 6.45) is 8.60. The molecule has 112 valence electrons. The van der Waals surface area contributed by atoms with Gasteiger partial charge in [-0.2, -0.15) is 0 Å². The molecular formula is C17H12FN5. The maximum atomic E-state index is 13.5.